The third-order valence-corrected chi connectivity index (χ3v) is 27.3. The number of phenolic OH excluding ortho intramolecular Hbond substituents is 1. The zero-order valence-electron chi connectivity index (χ0n) is 79.6. The first-order valence-corrected chi connectivity index (χ1v) is 49.7. The number of aliphatic carboxylic acids is 2. The van der Waals surface area contributed by atoms with Crippen LogP contribution in [0.3, 0.4) is 0 Å². The lowest BCUT2D eigenvalue weighted by molar-refractivity contribution is -0.149. The Labute approximate surface area is 809 Å². The number of hydrogen-bond donors (Lipinski definition) is 18. The van der Waals surface area contributed by atoms with E-state index in [1.807, 2.05) is 18.6 Å². The van der Waals surface area contributed by atoms with Crippen LogP contribution in [0.25, 0.3) is 21.8 Å². The van der Waals surface area contributed by atoms with E-state index in [1.165, 1.54) is 67.9 Å². The number of carbonyl (C=O) groups is 18. The number of nitrogens with two attached hydrogens (primary N) is 3. The predicted molar refractivity (Wildman–Crippen MR) is 509 cm³/mol. The third kappa shape index (κ3) is 29.9. The number of phenols is 1. The van der Waals surface area contributed by atoms with Gasteiger partial charge in [0.15, 0.2) is 0 Å². The van der Waals surface area contributed by atoms with Crippen molar-refractivity contribution in [3.05, 3.63) is 102 Å². The third-order valence-electron chi connectivity index (χ3n) is 25.3. The lowest BCUT2D eigenvalue weighted by atomic mass is 9.97. The first-order chi connectivity index (χ1) is 65.8. The molecule has 3 aromatic carbocycles. The number of nitrogens with zero attached hydrogens (tertiary/aromatic N) is 6. The number of hydrogen-bond acceptors (Lipinski definition) is 25. The molecule has 16 amide bonds. The molecule has 5 aromatic rings. The topological polar surface area (TPSA) is 658 Å². The molecule has 760 valence electrons. The molecule has 0 saturated carbocycles. The summed E-state index contributed by atoms with van der Waals surface area (Å²) in [4.78, 5) is 273. The molecular weight excluding hydrogens is 1850 g/mol. The van der Waals surface area contributed by atoms with Gasteiger partial charge in [0.25, 0.3) is 5.91 Å². The van der Waals surface area contributed by atoms with E-state index < -0.39 is 269 Å². The molecule has 4 aliphatic heterocycles. The SMILES string of the molecule is CCCC[C@H]1C(=O)N(C)[C@@H](CCCC)C(=O)N[C@@H](CC(C)C)C(=O)N[C@H](C(N)=O)C(C)(C)SCC(=O)N[C@@H](Cc2ccc(O)cc2)C(=O)N2CCCC[C@H]2C(=O)N[C@@H](CC(=O)O)C(=O)N2CCC[C@H]2C(=O)N[C@@H](CN)C(=O)N[C@@H](CCC(=O)O)C(=O)N2C[C@H](O)C[C@H]2C(=O)N[C@@H](Cc2c[nH]c3ccccc23)C(=O)N[C@@H](CCN)C(=O)N[C@@H](Cc2cn(CC(=O)NS(C)(=O)=O)c3ccccc23)C(=O)N1C. The molecule has 46 heteroatoms. The number of thioether (sulfide) groups is 1. The van der Waals surface area contributed by atoms with Crippen LogP contribution in [0.15, 0.2) is 85.2 Å². The molecule has 0 unspecified atom stereocenters. The van der Waals surface area contributed by atoms with Gasteiger partial charge in [0.2, 0.25) is 98.6 Å². The van der Waals surface area contributed by atoms with Crippen molar-refractivity contribution < 1.29 is 115 Å². The monoisotopic (exact) mass is 1980 g/mol. The number of H-pyrrole nitrogens is 1. The zero-order valence-corrected chi connectivity index (χ0v) is 81.2. The molecule has 0 spiro atoms. The number of piperidine rings is 1. The van der Waals surface area contributed by atoms with E-state index in [9.17, 15) is 76.8 Å². The quantitative estimate of drug-likeness (QED) is 0.0295. The highest BCUT2D eigenvalue weighted by molar-refractivity contribution is 8.01. The van der Waals surface area contributed by atoms with E-state index in [0.717, 1.165) is 37.6 Å². The fraction of sp³-hybridized carbons (Fsp3) is 0.570. The van der Waals surface area contributed by atoms with Crippen LogP contribution in [-0.4, -0.2) is 324 Å². The Morgan fingerprint density at radius 1 is 0.554 bits per heavy atom. The Bertz CT molecular complexity index is 5440. The Kier molecular flexibility index (Phi) is 39.6. The molecule has 4 fully saturated rings. The number of fused-ring (bicyclic) bond motifs is 5. The molecule has 21 N–H and O–H groups in total. The van der Waals surface area contributed by atoms with Crippen molar-refractivity contribution in [3.63, 3.8) is 0 Å². The number of aromatic amines is 1. The molecule has 6 heterocycles. The number of sulfonamides is 1. The second-order valence-electron chi connectivity index (χ2n) is 36.8. The summed E-state index contributed by atoms with van der Waals surface area (Å²) in [6.07, 6.45) is -0.0877. The van der Waals surface area contributed by atoms with Gasteiger partial charge in [-0.05, 0) is 131 Å². The fourth-order valence-electron chi connectivity index (χ4n) is 18.0. The van der Waals surface area contributed by atoms with Gasteiger partial charge < -0.3 is 120 Å². The number of carboxylic acid groups (broad SMARTS) is 2. The summed E-state index contributed by atoms with van der Waals surface area (Å²) in [5.74, 6) is -19.8. The molecule has 0 radical (unpaired) electrons. The average molecular weight is 1980 g/mol. The first kappa shape index (κ1) is 110. The summed E-state index contributed by atoms with van der Waals surface area (Å²) in [5.41, 5.74) is 20.6. The highest BCUT2D eigenvalue weighted by Gasteiger charge is 2.48. The molecular formula is C93H132N20O24S2. The number of aliphatic hydroxyl groups excluding tert-OH is 1. The number of para-hydroxylation sites is 2. The van der Waals surface area contributed by atoms with E-state index in [2.05, 4.69) is 52.8 Å². The first-order valence-electron chi connectivity index (χ1n) is 46.8. The number of unbranched alkanes of at least 4 members (excludes halogenated alkanes) is 2. The van der Waals surface area contributed by atoms with Crippen molar-refractivity contribution >= 4 is 150 Å². The maximum Gasteiger partial charge on any atom is 0.305 e. The summed E-state index contributed by atoms with van der Waals surface area (Å²) in [6.45, 7) is 7.67. The lowest BCUT2D eigenvalue weighted by Crippen LogP contribution is -2.62. The number of likely N-dealkylation sites (N-methyl/N-ethyl adjacent to an activating group) is 2. The number of primary amides is 1. The van der Waals surface area contributed by atoms with Crippen LogP contribution in [0.5, 0.6) is 5.75 Å². The van der Waals surface area contributed by atoms with Gasteiger partial charge in [-0.25, -0.2) is 8.42 Å². The van der Waals surface area contributed by atoms with Gasteiger partial charge >= 0.3 is 11.9 Å². The Morgan fingerprint density at radius 3 is 1.71 bits per heavy atom. The lowest BCUT2D eigenvalue weighted by Gasteiger charge is -2.38. The van der Waals surface area contributed by atoms with Crippen LogP contribution in [0, 0.1) is 5.92 Å². The molecule has 0 bridgehead atoms. The van der Waals surface area contributed by atoms with Crippen molar-refractivity contribution in [1.29, 1.82) is 0 Å². The maximum absolute atomic E-state index is 16.1. The number of carboxylic acids is 2. The van der Waals surface area contributed by atoms with Gasteiger partial charge in [0.05, 0.1) is 24.5 Å². The van der Waals surface area contributed by atoms with E-state index >= 15 is 38.4 Å². The largest absolute Gasteiger partial charge is 0.508 e. The smallest absolute Gasteiger partial charge is 0.305 e. The zero-order chi connectivity index (χ0) is 102. The second kappa shape index (κ2) is 50.2. The highest BCUT2D eigenvalue weighted by Crippen LogP contribution is 2.32. The number of aromatic nitrogens is 2. The maximum atomic E-state index is 16.1. The van der Waals surface area contributed by atoms with Crippen LogP contribution in [-0.2, 0) is 122 Å². The van der Waals surface area contributed by atoms with Crippen molar-refractivity contribution in [1.82, 2.24) is 86.6 Å². The van der Waals surface area contributed by atoms with Crippen molar-refractivity contribution in [2.45, 2.75) is 272 Å². The van der Waals surface area contributed by atoms with E-state index in [4.69, 9.17) is 17.2 Å². The fourth-order valence-corrected chi connectivity index (χ4v) is 19.4. The average Bonchev–Trinajstić information content (AvgIpc) is 1.69. The molecule has 2 aromatic heterocycles. The van der Waals surface area contributed by atoms with Gasteiger partial charge in [-0.15, -0.1) is 11.8 Å². The van der Waals surface area contributed by atoms with Crippen LogP contribution >= 0.6 is 11.8 Å². The summed E-state index contributed by atoms with van der Waals surface area (Å²) in [5, 5.41) is 66.9. The minimum absolute atomic E-state index is 0.00952. The van der Waals surface area contributed by atoms with Crippen LogP contribution in [0.4, 0.5) is 0 Å². The number of benzene rings is 3. The van der Waals surface area contributed by atoms with E-state index in [-0.39, 0.29) is 101 Å². The number of aliphatic hydroxyl groups is 1. The van der Waals surface area contributed by atoms with Gasteiger partial charge in [-0.3, -0.25) is 91.0 Å². The normalized spacial score (nSPS) is 25.4. The second-order valence-corrected chi connectivity index (χ2v) is 40.2. The van der Waals surface area contributed by atoms with Gasteiger partial charge in [-0.1, -0.05) is 102 Å². The minimum atomic E-state index is -4.08. The molecule has 139 heavy (non-hydrogen) atoms. The highest BCUT2D eigenvalue weighted by atomic mass is 32.2. The number of aromatic hydroxyl groups is 1. The van der Waals surface area contributed by atoms with Gasteiger partial charge in [0, 0.05) is 111 Å². The van der Waals surface area contributed by atoms with Crippen molar-refractivity contribution in [2.24, 2.45) is 23.1 Å². The number of amides is 16. The molecule has 4 aliphatic rings. The molecule has 9 rings (SSSR count). The van der Waals surface area contributed by atoms with E-state index in [0.29, 0.717) is 65.0 Å². The van der Waals surface area contributed by atoms with E-state index in [1.54, 1.807) is 68.6 Å². The Hall–Kier alpha value is -12.8. The molecule has 4 saturated heterocycles. The van der Waals surface area contributed by atoms with Gasteiger partial charge in [-0.2, -0.15) is 0 Å². The summed E-state index contributed by atoms with van der Waals surface area (Å²) >= 11 is 0.839. The van der Waals surface area contributed by atoms with Crippen LogP contribution < -0.4 is 69.8 Å². The Balaban J connectivity index is 1.12. The summed E-state index contributed by atoms with van der Waals surface area (Å²) < 4.78 is 26.6. The van der Waals surface area contributed by atoms with Crippen LogP contribution in [0.2, 0.25) is 0 Å². The summed E-state index contributed by atoms with van der Waals surface area (Å²) in [6, 6.07) is -3.61. The predicted octanol–water partition coefficient (Wildman–Crippen LogP) is -1.63. The van der Waals surface area contributed by atoms with Crippen LogP contribution in [0.1, 0.15) is 167 Å². The standard InChI is InChI=1S/C93H132N20O24S2/c1-10-12-24-69-84(127)101-62(39-51(3)4)82(125)106-78(79(96)122)93(5,6)138-50-75(117)98-64(40-52-29-31-55(114)32-30-52)90(133)111-37-19-18-27-70(111)85(128)104-66(44-77(120)121)91(134)112-38-20-28-71(112)86(129)105-67(45-95)83(126)100-61(33-34-76(118)119)89(132)113-48-56(115)43-73(113)87(130)102-63(41-53-46-97-59-23-16-14-21-57(53)59)81(124)99-60(35-36-94)80(123)103-65(88(131)109(8)72(25-13-11-2)92(135)108(69)7)42-54-47-110(49-74(116)107-139(9,136)137)68-26-17-15-22-58(54)68/h14-17,21-23,26,29-32,46-47,51,56,60-67,69-73,78,97,114-115H,10-13,18-20,24-25,27-28,33-45,48-50,94-95H2,1-9H3,(H2,96,122)(H,98,117)(H,99,124)(H,100,126)(H,101,127)(H,102,130)(H,103,123)(H,104,128)(H,105,129)(H,106,125)(H,107,116)(H,118,119)(H,120,121)/t56-,60+,61+,62+,63+,64+,65+,66+,67+,69+,70+,71+,72+,73+,78-/m1/s1. The van der Waals surface area contributed by atoms with Gasteiger partial charge in [0.1, 0.15) is 96.9 Å². The number of carbonyl (C=O) groups excluding carboxylic acids is 16. The van der Waals surface area contributed by atoms with Crippen molar-refractivity contribution in [3.8, 4) is 5.75 Å². The Morgan fingerprint density at radius 2 is 1.09 bits per heavy atom. The van der Waals surface area contributed by atoms with Crippen molar-refractivity contribution in [2.75, 3.05) is 58.8 Å². The minimum Gasteiger partial charge on any atom is -0.508 e. The number of rotatable bonds is 26. The molecule has 44 nitrogen and oxygen atoms in total. The summed E-state index contributed by atoms with van der Waals surface area (Å²) in [7, 11) is -1.42. The molecule has 15 atom stereocenters. The number of nitrogens with one attached hydrogen (secondary N) is 11. The molecule has 0 aliphatic carbocycles.